The first-order chi connectivity index (χ1) is 16.5. The number of fused-ring (bicyclic) bond motifs is 3. The lowest BCUT2D eigenvalue weighted by Gasteiger charge is -2.63. The van der Waals surface area contributed by atoms with Crippen LogP contribution in [0.25, 0.3) is 0 Å². The molecule has 0 aliphatic heterocycles. The topological polar surface area (TPSA) is 0 Å². The molecule has 210 valence electrons. The second kappa shape index (κ2) is 15.3. The molecule has 0 aromatic heterocycles. The van der Waals surface area contributed by atoms with Crippen molar-refractivity contribution in [2.45, 2.75) is 161 Å². The Bertz CT molecular complexity index is 588. The highest BCUT2D eigenvalue weighted by molar-refractivity contribution is 14.1. The summed E-state index contributed by atoms with van der Waals surface area (Å²) in [6.45, 7) is 25.7. The molecule has 0 amide bonds. The summed E-state index contributed by atoms with van der Waals surface area (Å²) in [5.41, 5.74) is 1.15. The Labute approximate surface area is 250 Å². The van der Waals surface area contributed by atoms with Crippen LogP contribution in [0.2, 0.25) is 0 Å². The quantitative estimate of drug-likeness (QED) is 0.165. The van der Waals surface area contributed by atoms with Crippen molar-refractivity contribution in [1.82, 2.24) is 0 Å². The zero-order valence-electron chi connectivity index (χ0n) is 25.8. The first kappa shape index (κ1) is 34.5. The molecule has 9 atom stereocenters. The van der Waals surface area contributed by atoms with Crippen molar-refractivity contribution in [3.05, 3.63) is 0 Å². The zero-order chi connectivity index (χ0) is 27.0. The number of hydrogen-bond donors (Lipinski definition) is 0. The third-order valence-electron chi connectivity index (χ3n) is 10.8. The van der Waals surface area contributed by atoms with Crippen LogP contribution in [-0.4, -0.2) is 7.35 Å². The summed E-state index contributed by atoms with van der Waals surface area (Å²) in [7, 11) is 0. The SMILES string of the molecule is CC.CC.CCC(C)CCC1(C)C(I)CCC2(I)C1CCC1(C)C([C@H](C)CCCC(C)C)CCC12. The van der Waals surface area contributed by atoms with E-state index in [1.807, 2.05) is 27.7 Å². The van der Waals surface area contributed by atoms with Crippen molar-refractivity contribution in [2.75, 3.05) is 0 Å². The molecule has 0 saturated heterocycles. The molecule has 3 aliphatic rings. The van der Waals surface area contributed by atoms with E-state index in [0.717, 1.165) is 39.4 Å². The fourth-order valence-electron chi connectivity index (χ4n) is 8.55. The minimum atomic E-state index is 0.547. The van der Waals surface area contributed by atoms with Gasteiger partial charge in [0.2, 0.25) is 0 Å². The van der Waals surface area contributed by atoms with E-state index in [-0.39, 0.29) is 0 Å². The van der Waals surface area contributed by atoms with E-state index in [9.17, 15) is 0 Å². The Morgan fingerprint density at radius 3 is 2.00 bits per heavy atom. The predicted molar refractivity (Wildman–Crippen MR) is 178 cm³/mol. The van der Waals surface area contributed by atoms with Crippen LogP contribution >= 0.6 is 45.2 Å². The molecule has 3 aliphatic carbocycles. The van der Waals surface area contributed by atoms with Crippen molar-refractivity contribution >= 4 is 45.2 Å². The van der Waals surface area contributed by atoms with Crippen LogP contribution in [0.1, 0.15) is 153 Å². The van der Waals surface area contributed by atoms with E-state index >= 15 is 0 Å². The molecule has 0 bridgehead atoms. The number of halogens is 2. The van der Waals surface area contributed by atoms with Gasteiger partial charge in [-0.3, -0.25) is 0 Å². The molecule has 0 heterocycles. The summed E-state index contributed by atoms with van der Waals surface area (Å²) in [4.78, 5) is 0. The average molecular weight is 715 g/mol. The molecular weight excluding hydrogens is 650 g/mol. The van der Waals surface area contributed by atoms with E-state index in [2.05, 4.69) is 93.6 Å². The van der Waals surface area contributed by atoms with Crippen LogP contribution in [0, 0.1) is 46.3 Å². The van der Waals surface area contributed by atoms with E-state index < -0.39 is 0 Å². The van der Waals surface area contributed by atoms with Crippen LogP contribution < -0.4 is 0 Å². The van der Waals surface area contributed by atoms with Crippen molar-refractivity contribution < 1.29 is 0 Å². The lowest BCUT2D eigenvalue weighted by molar-refractivity contribution is -0.0469. The lowest BCUT2D eigenvalue weighted by atomic mass is 9.48. The summed E-state index contributed by atoms with van der Waals surface area (Å²) in [6, 6.07) is 0. The van der Waals surface area contributed by atoms with Crippen LogP contribution in [0.4, 0.5) is 0 Å². The van der Waals surface area contributed by atoms with Crippen LogP contribution in [0.5, 0.6) is 0 Å². The minimum Gasteiger partial charge on any atom is -0.0820 e. The molecular formula is C33H64I2. The first-order valence-electron chi connectivity index (χ1n) is 15.8. The smallest absolute Gasteiger partial charge is 0.0289 e. The second-order valence-electron chi connectivity index (χ2n) is 13.1. The van der Waals surface area contributed by atoms with Crippen molar-refractivity contribution in [1.29, 1.82) is 0 Å². The highest BCUT2D eigenvalue weighted by atomic mass is 127. The van der Waals surface area contributed by atoms with Gasteiger partial charge < -0.3 is 0 Å². The minimum absolute atomic E-state index is 0.547. The highest BCUT2D eigenvalue weighted by Crippen LogP contribution is 2.71. The molecule has 0 nitrogen and oxygen atoms in total. The Morgan fingerprint density at radius 1 is 0.800 bits per heavy atom. The predicted octanol–water partition coefficient (Wildman–Crippen LogP) is 12.5. The molecule has 2 heteroatoms. The number of rotatable bonds is 9. The van der Waals surface area contributed by atoms with Gasteiger partial charge in [-0.1, -0.05) is 153 Å². The van der Waals surface area contributed by atoms with Crippen molar-refractivity contribution in [3.8, 4) is 0 Å². The fourth-order valence-corrected chi connectivity index (χ4v) is 12.0. The van der Waals surface area contributed by atoms with Crippen LogP contribution in [0.3, 0.4) is 0 Å². The third kappa shape index (κ3) is 7.56. The van der Waals surface area contributed by atoms with Gasteiger partial charge in [0.15, 0.2) is 0 Å². The summed E-state index contributed by atoms with van der Waals surface area (Å²) < 4.78 is 1.43. The van der Waals surface area contributed by atoms with Gasteiger partial charge in [0.05, 0.1) is 0 Å². The monoisotopic (exact) mass is 714 g/mol. The standard InChI is InChI=1S/C29H52I2.2C2H6/c1-8-21(4)14-17-28(7)25-15-18-27(6)23(22(5)11-9-10-20(2)3)12-13-24(27)29(25,31)19-16-26(28)30;2*1-2/h20-26H,8-19H2,1-7H3;2*1-2H3/t21?,22-,23?,24?,25?,26?,27?,28?,29?;;/m1../s1. The molecule has 0 radical (unpaired) electrons. The van der Waals surface area contributed by atoms with Crippen LogP contribution in [0.15, 0.2) is 0 Å². The fraction of sp³-hybridized carbons (Fsp3) is 1.00. The summed E-state index contributed by atoms with van der Waals surface area (Å²) >= 11 is 5.93. The average Bonchev–Trinajstić information content (AvgIpc) is 3.21. The molecule has 3 saturated carbocycles. The van der Waals surface area contributed by atoms with E-state index in [4.69, 9.17) is 0 Å². The second-order valence-corrected chi connectivity index (χ2v) is 16.6. The molecule has 0 aromatic carbocycles. The summed E-state index contributed by atoms with van der Waals surface area (Å²) in [6.07, 6.45) is 17.6. The first-order valence-corrected chi connectivity index (χ1v) is 18.1. The number of hydrogen-bond acceptors (Lipinski definition) is 0. The van der Waals surface area contributed by atoms with Gasteiger partial charge in [-0.15, -0.1) is 0 Å². The molecule has 35 heavy (non-hydrogen) atoms. The molecule has 8 unspecified atom stereocenters. The van der Waals surface area contributed by atoms with Crippen LogP contribution in [-0.2, 0) is 0 Å². The molecule has 0 spiro atoms. The van der Waals surface area contributed by atoms with Gasteiger partial charge in [-0.2, -0.15) is 0 Å². The number of alkyl halides is 2. The molecule has 3 rings (SSSR count). The zero-order valence-corrected chi connectivity index (χ0v) is 30.1. The van der Waals surface area contributed by atoms with Gasteiger partial charge in [0.1, 0.15) is 0 Å². The molecule has 0 aromatic rings. The Morgan fingerprint density at radius 2 is 1.43 bits per heavy atom. The Kier molecular flexibility index (Phi) is 15.1. The van der Waals surface area contributed by atoms with Gasteiger partial charge in [-0.05, 0) is 91.3 Å². The Hall–Kier alpha value is 1.46. The molecule has 0 N–H and O–H groups in total. The van der Waals surface area contributed by atoms with Crippen molar-refractivity contribution in [3.63, 3.8) is 0 Å². The lowest BCUT2D eigenvalue weighted by Crippen LogP contribution is -2.60. The largest absolute Gasteiger partial charge is 0.0820 e. The normalized spacial score (nSPS) is 39.9. The van der Waals surface area contributed by atoms with E-state index in [1.54, 1.807) is 0 Å². The maximum Gasteiger partial charge on any atom is 0.0289 e. The van der Waals surface area contributed by atoms with Gasteiger partial charge >= 0.3 is 0 Å². The third-order valence-corrected chi connectivity index (χ3v) is 14.9. The maximum atomic E-state index is 3.06. The Balaban J connectivity index is 0.00000145. The maximum absolute atomic E-state index is 3.06. The van der Waals surface area contributed by atoms with E-state index in [1.165, 1.54) is 77.0 Å². The highest BCUT2D eigenvalue weighted by Gasteiger charge is 2.65. The summed E-state index contributed by atoms with van der Waals surface area (Å²) in [5.74, 6) is 5.55. The van der Waals surface area contributed by atoms with Gasteiger partial charge in [0.25, 0.3) is 0 Å². The molecule has 3 fully saturated rings. The van der Waals surface area contributed by atoms with Crippen molar-refractivity contribution in [2.24, 2.45) is 46.3 Å². The van der Waals surface area contributed by atoms with Gasteiger partial charge in [0, 0.05) is 7.35 Å². The van der Waals surface area contributed by atoms with E-state index in [0.29, 0.717) is 14.3 Å². The van der Waals surface area contributed by atoms with Gasteiger partial charge in [-0.25, -0.2) is 0 Å². The summed E-state index contributed by atoms with van der Waals surface area (Å²) in [5, 5.41) is 0.